The molecule has 0 bridgehead atoms. The summed E-state index contributed by atoms with van der Waals surface area (Å²) in [5, 5.41) is 1.10. The Balaban J connectivity index is 2.36. The number of nitrogens with zero attached hydrogens (tertiary/aromatic N) is 1. The molecular weight excluding hydrogens is 394 g/mol. The van der Waals surface area contributed by atoms with Crippen molar-refractivity contribution in [3.63, 3.8) is 0 Å². The van der Waals surface area contributed by atoms with Gasteiger partial charge in [0.15, 0.2) is 11.6 Å². The molecule has 25 heavy (non-hydrogen) atoms. The molecule has 0 saturated heterocycles. The first kappa shape index (κ1) is 19.1. The zero-order valence-electron chi connectivity index (χ0n) is 13.9. The Bertz CT molecular complexity index is 819. The third-order valence-electron chi connectivity index (χ3n) is 3.39. The van der Waals surface area contributed by atoms with Crippen LogP contribution in [0.4, 0.5) is 8.78 Å². The molecule has 2 aromatic rings. The van der Waals surface area contributed by atoms with Crippen molar-refractivity contribution in [2.75, 3.05) is 0 Å². The van der Waals surface area contributed by atoms with Gasteiger partial charge in [0.25, 0.3) is 11.8 Å². The largest absolute Gasteiger partial charge is 0.273 e. The predicted octanol–water partition coefficient (Wildman–Crippen LogP) is 4.31. The van der Waals surface area contributed by atoms with E-state index in [-0.39, 0.29) is 0 Å². The first-order valence-electron chi connectivity index (χ1n) is 7.47. The number of amides is 2. The topological polar surface area (TPSA) is 49.4 Å². The van der Waals surface area contributed by atoms with Crippen molar-refractivity contribution < 1.29 is 18.4 Å². The quantitative estimate of drug-likeness (QED) is 0.749. The third kappa shape index (κ3) is 4.22. The van der Waals surface area contributed by atoms with Crippen LogP contribution < -0.4 is 5.43 Å². The highest BCUT2D eigenvalue weighted by Crippen LogP contribution is 2.22. The van der Waals surface area contributed by atoms with Crippen molar-refractivity contribution in [3.8, 4) is 0 Å². The predicted molar refractivity (Wildman–Crippen MR) is 93.9 cm³/mol. The fraction of sp³-hybridized carbons (Fsp3) is 0.222. The van der Waals surface area contributed by atoms with Crippen LogP contribution >= 0.6 is 15.9 Å². The fourth-order valence-corrected chi connectivity index (χ4v) is 2.57. The molecule has 0 aromatic heterocycles. The lowest BCUT2D eigenvalue weighted by atomic mass is 10.1. The minimum Gasteiger partial charge on any atom is -0.267 e. The molecule has 0 atom stereocenters. The van der Waals surface area contributed by atoms with E-state index in [1.807, 2.05) is 0 Å². The van der Waals surface area contributed by atoms with Crippen LogP contribution in [0.15, 0.2) is 46.9 Å². The van der Waals surface area contributed by atoms with Crippen LogP contribution in [-0.2, 0) is 0 Å². The summed E-state index contributed by atoms with van der Waals surface area (Å²) in [7, 11) is 0. The van der Waals surface area contributed by atoms with E-state index in [1.54, 1.807) is 45.0 Å². The molecule has 0 aliphatic carbocycles. The van der Waals surface area contributed by atoms with E-state index in [0.29, 0.717) is 10.0 Å². The van der Waals surface area contributed by atoms with Gasteiger partial charge in [0.2, 0.25) is 0 Å². The van der Waals surface area contributed by atoms with Crippen LogP contribution in [0.25, 0.3) is 0 Å². The summed E-state index contributed by atoms with van der Waals surface area (Å²) < 4.78 is 27.7. The third-order valence-corrected chi connectivity index (χ3v) is 4.08. The number of carbonyl (C=O) groups is 2. The minimum absolute atomic E-state index is 0.331. The van der Waals surface area contributed by atoms with Crippen molar-refractivity contribution in [1.82, 2.24) is 10.4 Å². The van der Waals surface area contributed by atoms with E-state index in [9.17, 15) is 18.4 Å². The summed E-state index contributed by atoms with van der Waals surface area (Å²) in [6.45, 7) is 5.14. The van der Waals surface area contributed by atoms with Crippen molar-refractivity contribution >= 4 is 27.7 Å². The lowest BCUT2D eigenvalue weighted by Crippen LogP contribution is -2.56. The highest BCUT2D eigenvalue weighted by Gasteiger charge is 2.31. The van der Waals surface area contributed by atoms with Gasteiger partial charge in [-0.1, -0.05) is 18.2 Å². The summed E-state index contributed by atoms with van der Waals surface area (Å²) >= 11 is 3.29. The maximum Gasteiger partial charge on any atom is 0.273 e. The van der Waals surface area contributed by atoms with Crippen LogP contribution in [0.5, 0.6) is 0 Å². The Morgan fingerprint density at radius 2 is 1.60 bits per heavy atom. The number of nitrogens with one attached hydrogen (secondary N) is 1. The van der Waals surface area contributed by atoms with E-state index in [2.05, 4.69) is 21.4 Å². The molecule has 0 aliphatic rings. The van der Waals surface area contributed by atoms with Crippen LogP contribution in [0, 0.1) is 11.6 Å². The number of halogens is 3. The Kier molecular flexibility index (Phi) is 5.57. The summed E-state index contributed by atoms with van der Waals surface area (Å²) in [4.78, 5) is 25.2. The molecule has 0 aliphatic heterocycles. The van der Waals surface area contributed by atoms with Crippen molar-refractivity contribution in [3.05, 3.63) is 69.7 Å². The normalized spacial score (nSPS) is 11.1. The molecule has 2 rings (SSSR count). The average Bonchev–Trinajstić information content (AvgIpc) is 2.53. The summed E-state index contributed by atoms with van der Waals surface area (Å²) in [5.41, 5.74) is 1.44. The maximum atomic E-state index is 13.8. The molecule has 0 unspecified atom stereocenters. The van der Waals surface area contributed by atoms with Gasteiger partial charge in [-0.2, -0.15) is 0 Å². The lowest BCUT2D eigenvalue weighted by molar-refractivity contribution is 0.0356. The van der Waals surface area contributed by atoms with E-state index < -0.39 is 34.6 Å². The maximum absolute atomic E-state index is 13.8. The molecule has 4 nitrogen and oxygen atoms in total. The second kappa shape index (κ2) is 7.31. The highest BCUT2D eigenvalue weighted by atomic mass is 79.9. The zero-order valence-corrected chi connectivity index (χ0v) is 15.5. The molecule has 0 radical (unpaired) electrons. The summed E-state index contributed by atoms with van der Waals surface area (Å²) in [6.07, 6.45) is 0. The van der Waals surface area contributed by atoms with Crippen LogP contribution in [0.2, 0.25) is 0 Å². The molecule has 1 N–H and O–H groups in total. The Morgan fingerprint density at radius 1 is 1.00 bits per heavy atom. The molecule has 0 heterocycles. The van der Waals surface area contributed by atoms with E-state index in [1.165, 1.54) is 6.07 Å². The molecule has 2 amide bonds. The second-order valence-corrected chi connectivity index (χ2v) is 7.19. The molecule has 7 heteroatoms. The van der Waals surface area contributed by atoms with E-state index in [4.69, 9.17) is 0 Å². The van der Waals surface area contributed by atoms with E-state index in [0.717, 1.165) is 17.1 Å². The SMILES string of the molecule is CC(C)(C)N(NC(=O)c1cccc(F)c1F)C(=O)c1ccccc1Br. The van der Waals surface area contributed by atoms with Crippen LogP contribution in [0.1, 0.15) is 41.5 Å². The van der Waals surface area contributed by atoms with Crippen molar-refractivity contribution in [2.45, 2.75) is 26.3 Å². The number of rotatable bonds is 2. The van der Waals surface area contributed by atoms with Gasteiger partial charge in [-0.25, -0.2) is 13.8 Å². The van der Waals surface area contributed by atoms with Gasteiger partial charge in [-0.05, 0) is 61.0 Å². The zero-order chi connectivity index (χ0) is 18.8. The van der Waals surface area contributed by atoms with Crippen molar-refractivity contribution in [2.24, 2.45) is 0 Å². The van der Waals surface area contributed by atoms with Gasteiger partial charge in [-0.3, -0.25) is 15.0 Å². The summed E-state index contributed by atoms with van der Waals surface area (Å²) in [6, 6.07) is 10.0. The molecular formula is C18H17BrF2N2O2. The first-order valence-corrected chi connectivity index (χ1v) is 8.26. The monoisotopic (exact) mass is 410 g/mol. The van der Waals surface area contributed by atoms with Gasteiger partial charge in [0, 0.05) is 4.47 Å². The molecule has 132 valence electrons. The average molecular weight is 411 g/mol. The second-order valence-electron chi connectivity index (χ2n) is 6.33. The number of hydrogen-bond acceptors (Lipinski definition) is 2. The Morgan fingerprint density at radius 3 is 2.20 bits per heavy atom. The first-order chi connectivity index (χ1) is 11.6. The lowest BCUT2D eigenvalue weighted by Gasteiger charge is -2.35. The van der Waals surface area contributed by atoms with Crippen LogP contribution in [-0.4, -0.2) is 22.4 Å². The van der Waals surface area contributed by atoms with Gasteiger partial charge in [0.1, 0.15) is 0 Å². The standard InChI is InChI=1S/C18H17BrF2N2O2/c1-18(2,3)23(17(25)11-7-4-5-9-13(11)19)22-16(24)12-8-6-10-14(20)15(12)21/h4-10H,1-3H3,(H,22,24). The molecule has 0 spiro atoms. The van der Waals surface area contributed by atoms with Crippen LogP contribution in [0.3, 0.4) is 0 Å². The molecule has 2 aromatic carbocycles. The van der Waals surface area contributed by atoms with Gasteiger partial charge < -0.3 is 0 Å². The Hall–Kier alpha value is -2.28. The fourth-order valence-electron chi connectivity index (χ4n) is 2.12. The van der Waals surface area contributed by atoms with Gasteiger partial charge in [-0.15, -0.1) is 0 Å². The highest BCUT2D eigenvalue weighted by molar-refractivity contribution is 9.10. The van der Waals surface area contributed by atoms with Crippen molar-refractivity contribution in [1.29, 1.82) is 0 Å². The summed E-state index contributed by atoms with van der Waals surface area (Å²) in [5.74, 6) is -3.79. The molecule has 0 saturated carbocycles. The number of benzene rings is 2. The van der Waals surface area contributed by atoms with Gasteiger partial charge in [0.05, 0.1) is 16.7 Å². The van der Waals surface area contributed by atoms with E-state index >= 15 is 0 Å². The van der Waals surface area contributed by atoms with Gasteiger partial charge >= 0.3 is 0 Å². The Labute approximate surface area is 152 Å². The smallest absolute Gasteiger partial charge is 0.267 e. The molecule has 0 fully saturated rings. The number of carbonyl (C=O) groups excluding carboxylic acids is 2. The number of hydrazine groups is 1. The minimum atomic E-state index is -1.26. The number of hydrogen-bond donors (Lipinski definition) is 1.